The molecule has 0 unspecified atom stereocenters. The van der Waals surface area contributed by atoms with Gasteiger partial charge >= 0.3 is 6.03 Å². The molecule has 2 N–H and O–H groups in total. The quantitative estimate of drug-likeness (QED) is 0.690. The minimum absolute atomic E-state index is 0.182. The fourth-order valence-corrected chi connectivity index (χ4v) is 4.27. The Morgan fingerprint density at radius 2 is 1.91 bits per heavy atom. The van der Waals surface area contributed by atoms with Crippen molar-refractivity contribution in [1.29, 1.82) is 0 Å². The molecule has 1 saturated heterocycles. The minimum Gasteiger partial charge on any atom is -0.385 e. The maximum Gasteiger partial charge on any atom is 0.315 e. The monoisotopic (exact) mass is 335 g/mol. The number of nitrogens with one attached hydrogen (secondary N) is 2. The lowest BCUT2D eigenvalue weighted by atomic mass is 9.85. The second-order valence-electron chi connectivity index (χ2n) is 5.72. The number of carbonyl (C=O) groups excluding carboxylic acids is 1. The zero-order valence-corrected chi connectivity index (χ0v) is 14.7. The lowest BCUT2D eigenvalue weighted by Gasteiger charge is -2.41. The van der Waals surface area contributed by atoms with Crippen molar-refractivity contribution in [2.24, 2.45) is 0 Å². The largest absolute Gasteiger partial charge is 0.385 e. The number of hydrogen-bond acceptors (Lipinski definition) is 4. The van der Waals surface area contributed by atoms with Crippen molar-refractivity contribution in [3.63, 3.8) is 0 Å². The van der Waals surface area contributed by atoms with Gasteiger partial charge in [-0.1, -0.05) is 6.92 Å². The van der Waals surface area contributed by atoms with Crippen LogP contribution in [0.1, 0.15) is 39.5 Å². The van der Waals surface area contributed by atoms with Crippen molar-refractivity contribution in [1.82, 2.24) is 14.9 Å². The Labute approximate surface area is 133 Å². The first-order chi connectivity index (χ1) is 10.4. The molecule has 0 saturated carbocycles. The zero-order valence-electron chi connectivity index (χ0n) is 13.9. The van der Waals surface area contributed by atoms with E-state index >= 15 is 0 Å². The molecule has 7 nitrogen and oxygen atoms in total. The Kier molecular flexibility index (Phi) is 7.58. The summed E-state index contributed by atoms with van der Waals surface area (Å²) in [6, 6.07) is -0.205. The summed E-state index contributed by atoms with van der Waals surface area (Å²) in [5.41, 5.74) is -0.395. The smallest absolute Gasteiger partial charge is 0.315 e. The lowest BCUT2D eigenvalue weighted by Crippen LogP contribution is -2.58. The van der Waals surface area contributed by atoms with Gasteiger partial charge in [0.15, 0.2) is 0 Å². The van der Waals surface area contributed by atoms with Crippen molar-refractivity contribution in [2.45, 2.75) is 45.1 Å². The first-order valence-corrected chi connectivity index (χ1v) is 9.53. The van der Waals surface area contributed by atoms with Crippen molar-refractivity contribution >= 4 is 16.1 Å². The molecule has 0 aromatic rings. The van der Waals surface area contributed by atoms with E-state index in [0.29, 0.717) is 51.9 Å². The van der Waals surface area contributed by atoms with E-state index in [1.54, 1.807) is 11.4 Å². The molecule has 0 aliphatic carbocycles. The fraction of sp³-hybridized carbons (Fsp3) is 0.929. The topological polar surface area (TPSA) is 87.7 Å². The van der Waals surface area contributed by atoms with Gasteiger partial charge < -0.3 is 15.4 Å². The van der Waals surface area contributed by atoms with Crippen molar-refractivity contribution < 1.29 is 17.9 Å². The summed E-state index contributed by atoms with van der Waals surface area (Å²) in [5, 5.41) is 5.75. The van der Waals surface area contributed by atoms with Gasteiger partial charge in [-0.3, -0.25) is 0 Å². The molecule has 1 heterocycles. The minimum atomic E-state index is -3.17. The number of carbonyl (C=O) groups is 1. The Morgan fingerprint density at radius 1 is 1.27 bits per heavy atom. The molecule has 1 aliphatic rings. The van der Waals surface area contributed by atoms with E-state index in [2.05, 4.69) is 10.6 Å². The number of sulfonamides is 1. The highest BCUT2D eigenvalue weighted by Crippen LogP contribution is 2.27. The van der Waals surface area contributed by atoms with Crippen LogP contribution in [0, 0.1) is 0 Å². The highest BCUT2D eigenvalue weighted by molar-refractivity contribution is 7.89. The molecule has 0 aromatic carbocycles. The maximum absolute atomic E-state index is 12.1. The summed E-state index contributed by atoms with van der Waals surface area (Å²) >= 11 is 0. The van der Waals surface area contributed by atoms with Gasteiger partial charge in [-0.2, -0.15) is 0 Å². The standard InChI is InChI=1S/C14H29N3O4S/c1-4-12-22(19,20)17-9-6-14(7-10-17,8-11-21-3)16-13(18)15-5-2/h4-12H2,1-3H3,(H2,15,16,18). The number of nitrogens with zero attached hydrogens (tertiary/aromatic N) is 1. The summed E-state index contributed by atoms with van der Waals surface area (Å²) in [6.45, 7) is 5.70. The molecule has 8 heteroatoms. The maximum atomic E-state index is 12.1. The molecule has 0 aromatic heterocycles. The normalized spacial score (nSPS) is 18.9. The van der Waals surface area contributed by atoms with Crippen LogP contribution in [0.15, 0.2) is 0 Å². The third-order valence-corrected chi connectivity index (χ3v) is 6.11. The van der Waals surface area contributed by atoms with E-state index in [1.807, 2.05) is 13.8 Å². The van der Waals surface area contributed by atoms with E-state index in [0.717, 1.165) is 0 Å². The summed E-state index contributed by atoms with van der Waals surface area (Å²) in [6.07, 6.45) is 2.51. The predicted octanol–water partition coefficient (Wildman–Crippen LogP) is 0.916. The molecule has 22 heavy (non-hydrogen) atoms. The van der Waals surface area contributed by atoms with Crippen LogP contribution in [0.2, 0.25) is 0 Å². The van der Waals surface area contributed by atoms with Crippen molar-refractivity contribution in [3.8, 4) is 0 Å². The summed E-state index contributed by atoms with van der Waals surface area (Å²) in [7, 11) is -1.54. The number of rotatable bonds is 8. The van der Waals surface area contributed by atoms with Gasteiger partial charge in [0.1, 0.15) is 0 Å². The van der Waals surface area contributed by atoms with Gasteiger partial charge in [0.25, 0.3) is 0 Å². The van der Waals surface area contributed by atoms with Gasteiger partial charge in [0.05, 0.1) is 5.75 Å². The second kappa shape index (κ2) is 8.69. The van der Waals surface area contributed by atoms with E-state index < -0.39 is 15.6 Å². The van der Waals surface area contributed by atoms with Crippen LogP contribution in [0.25, 0.3) is 0 Å². The Morgan fingerprint density at radius 3 is 2.41 bits per heavy atom. The summed E-state index contributed by atoms with van der Waals surface area (Å²) in [4.78, 5) is 11.9. The van der Waals surface area contributed by atoms with Crippen LogP contribution in [0.3, 0.4) is 0 Å². The third-order valence-electron chi connectivity index (χ3n) is 4.04. The molecule has 0 spiro atoms. The van der Waals surface area contributed by atoms with Crippen LogP contribution in [-0.2, 0) is 14.8 Å². The van der Waals surface area contributed by atoms with Crippen LogP contribution in [0.4, 0.5) is 4.79 Å². The Balaban J connectivity index is 2.71. The van der Waals surface area contributed by atoms with Gasteiger partial charge in [-0.25, -0.2) is 17.5 Å². The van der Waals surface area contributed by atoms with Crippen LogP contribution >= 0.6 is 0 Å². The van der Waals surface area contributed by atoms with Gasteiger partial charge in [-0.15, -0.1) is 0 Å². The van der Waals surface area contributed by atoms with Gasteiger partial charge in [-0.05, 0) is 32.6 Å². The number of methoxy groups -OCH3 is 1. The molecule has 2 amide bonds. The Hall–Kier alpha value is -0.860. The molecule has 1 rings (SSSR count). The number of hydrogen-bond donors (Lipinski definition) is 2. The molecule has 0 bridgehead atoms. The predicted molar refractivity (Wildman–Crippen MR) is 86.3 cm³/mol. The first kappa shape index (κ1) is 19.2. The molecular weight excluding hydrogens is 306 g/mol. The Bertz CT molecular complexity index is 445. The molecule has 130 valence electrons. The average Bonchev–Trinajstić information content (AvgIpc) is 2.46. The highest BCUT2D eigenvalue weighted by atomic mass is 32.2. The first-order valence-electron chi connectivity index (χ1n) is 7.92. The van der Waals surface area contributed by atoms with Crippen LogP contribution < -0.4 is 10.6 Å². The second-order valence-corrected chi connectivity index (χ2v) is 7.81. The van der Waals surface area contributed by atoms with Crippen LogP contribution in [-0.4, -0.2) is 63.4 Å². The van der Waals surface area contributed by atoms with Gasteiger partial charge in [0.2, 0.25) is 10.0 Å². The summed E-state index contributed by atoms with van der Waals surface area (Å²) < 4.78 is 31.0. The lowest BCUT2D eigenvalue weighted by molar-refractivity contribution is 0.122. The van der Waals surface area contributed by atoms with Crippen LogP contribution in [0.5, 0.6) is 0 Å². The number of urea groups is 1. The molecule has 0 atom stereocenters. The summed E-state index contributed by atoms with van der Waals surface area (Å²) in [5.74, 6) is 0.182. The number of piperidine rings is 1. The third kappa shape index (κ3) is 5.40. The van der Waals surface area contributed by atoms with E-state index in [-0.39, 0.29) is 11.8 Å². The van der Waals surface area contributed by atoms with E-state index in [1.165, 1.54) is 0 Å². The number of amides is 2. The van der Waals surface area contributed by atoms with Gasteiger partial charge in [0, 0.05) is 38.9 Å². The molecule has 1 fully saturated rings. The van der Waals surface area contributed by atoms with E-state index in [4.69, 9.17) is 4.74 Å². The molecule has 0 radical (unpaired) electrons. The molecular formula is C14H29N3O4S. The van der Waals surface area contributed by atoms with Crippen molar-refractivity contribution in [3.05, 3.63) is 0 Å². The highest BCUT2D eigenvalue weighted by Gasteiger charge is 2.38. The average molecular weight is 335 g/mol. The fourth-order valence-electron chi connectivity index (χ4n) is 2.76. The number of ether oxygens (including phenoxy) is 1. The zero-order chi connectivity index (χ0) is 16.6. The molecule has 1 aliphatic heterocycles. The van der Waals surface area contributed by atoms with Crippen molar-refractivity contribution in [2.75, 3.05) is 39.1 Å². The SMILES string of the molecule is CCCS(=O)(=O)N1CCC(CCOC)(NC(=O)NCC)CC1. The van der Waals surface area contributed by atoms with E-state index in [9.17, 15) is 13.2 Å².